The van der Waals surface area contributed by atoms with Gasteiger partial charge in [-0.05, 0) is 48.7 Å². The summed E-state index contributed by atoms with van der Waals surface area (Å²) in [6.07, 6.45) is 2.05. The van der Waals surface area contributed by atoms with Crippen molar-refractivity contribution < 1.29 is 0 Å². The third-order valence-corrected chi connectivity index (χ3v) is 3.95. The van der Waals surface area contributed by atoms with Crippen molar-refractivity contribution >= 4 is 40.3 Å². The average Bonchev–Trinajstić information content (AvgIpc) is 2.74. The Morgan fingerprint density at radius 3 is 2.58 bits per heavy atom. The number of rotatable bonds is 2. The summed E-state index contributed by atoms with van der Waals surface area (Å²) in [5, 5.41) is 0.662. The Labute approximate surface area is 120 Å². The van der Waals surface area contributed by atoms with E-state index in [1.165, 1.54) is 4.90 Å². The van der Waals surface area contributed by atoms with Gasteiger partial charge in [0.1, 0.15) is 0 Å². The van der Waals surface area contributed by atoms with Gasteiger partial charge in [-0.1, -0.05) is 11.6 Å². The SMILES string of the molecule is CSc1ccc(-n2c(N)nc3cc(Cl)ccc32)cc1. The summed E-state index contributed by atoms with van der Waals surface area (Å²) in [4.78, 5) is 5.56. The number of nitrogens with zero attached hydrogens (tertiary/aromatic N) is 2. The van der Waals surface area contributed by atoms with Crippen LogP contribution >= 0.6 is 23.4 Å². The molecule has 3 aromatic rings. The Morgan fingerprint density at radius 2 is 1.89 bits per heavy atom. The Bertz CT molecular complexity index is 734. The average molecular weight is 290 g/mol. The molecule has 5 heteroatoms. The smallest absolute Gasteiger partial charge is 0.205 e. The maximum atomic E-state index is 6.01. The molecule has 0 aliphatic heterocycles. The van der Waals surface area contributed by atoms with Crippen LogP contribution in [0.1, 0.15) is 0 Å². The molecule has 3 rings (SSSR count). The molecule has 0 unspecified atom stereocenters. The number of benzene rings is 2. The molecule has 0 saturated carbocycles. The minimum Gasteiger partial charge on any atom is -0.369 e. The van der Waals surface area contributed by atoms with Gasteiger partial charge in [0, 0.05) is 15.6 Å². The van der Waals surface area contributed by atoms with E-state index in [1.54, 1.807) is 11.8 Å². The second-order valence-electron chi connectivity index (χ2n) is 4.14. The lowest BCUT2D eigenvalue weighted by atomic mass is 10.3. The zero-order valence-corrected chi connectivity index (χ0v) is 11.9. The normalized spacial score (nSPS) is 11.1. The monoisotopic (exact) mass is 289 g/mol. The number of imidazole rings is 1. The molecule has 2 aromatic carbocycles. The van der Waals surface area contributed by atoms with E-state index in [0.29, 0.717) is 11.0 Å². The number of hydrogen-bond acceptors (Lipinski definition) is 3. The molecule has 1 aromatic heterocycles. The third-order valence-electron chi connectivity index (χ3n) is 2.97. The Kier molecular flexibility index (Phi) is 3.12. The van der Waals surface area contributed by atoms with Crippen molar-refractivity contribution in [1.82, 2.24) is 9.55 Å². The van der Waals surface area contributed by atoms with Crippen molar-refractivity contribution in [3.05, 3.63) is 47.5 Å². The molecule has 0 radical (unpaired) electrons. The number of halogens is 1. The Hall–Kier alpha value is -1.65. The first-order valence-corrected chi connectivity index (χ1v) is 7.37. The van der Waals surface area contributed by atoms with Gasteiger partial charge in [0.05, 0.1) is 11.0 Å². The highest BCUT2D eigenvalue weighted by Crippen LogP contribution is 2.26. The Balaban J connectivity index is 2.20. The lowest BCUT2D eigenvalue weighted by Gasteiger charge is -2.07. The van der Waals surface area contributed by atoms with E-state index in [0.717, 1.165) is 16.7 Å². The first-order valence-electron chi connectivity index (χ1n) is 5.77. The van der Waals surface area contributed by atoms with Gasteiger partial charge in [0.15, 0.2) is 0 Å². The van der Waals surface area contributed by atoms with Crippen LogP contribution in [0, 0.1) is 0 Å². The van der Waals surface area contributed by atoms with Crippen LogP contribution in [0.25, 0.3) is 16.7 Å². The largest absolute Gasteiger partial charge is 0.369 e. The summed E-state index contributed by atoms with van der Waals surface area (Å²) in [5.74, 6) is 0.467. The minimum atomic E-state index is 0.467. The third kappa shape index (κ3) is 2.17. The fourth-order valence-electron chi connectivity index (χ4n) is 2.07. The number of fused-ring (bicyclic) bond motifs is 1. The molecular formula is C14H12ClN3S. The van der Waals surface area contributed by atoms with Crippen molar-refractivity contribution in [2.24, 2.45) is 0 Å². The van der Waals surface area contributed by atoms with E-state index in [1.807, 2.05) is 34.9 Å². The lowest BCUT2D eigenvalue weighted by Crippen LogP contribution is -2.00. The van der Waals surface area contributed by atoms with Crippen LogP contribution in [0.4, 0.5) is 5.95 Å². The molecule has 0 aliphatic rings. The highest BCUT2D eigenvalue weighted by Gasteiger charge is 2.10. The molecule has 0 saturated heterocycles. The summed E-state index contributed by atoms with van der Waals surface area (Å²) >= 11 is 7.68. The van der Waals surface area contributed by atoms with Gasteiger partial charge in [-0.3, -0.25) is 4.57 Å². The molecule has 2 N–H and O–H groups in total. The molecule has 0 bridgehead atoms. The minimum absolute atomic E-state index is 0.467. The van der Waals surface area contributed by atoms with E-state index in [-0.39, 0.29) is 0 Å². The predicted molar refractivity (Wildman–Crippen MR) is 82.3 cm³/mol. The summed E-state index contributed by atoms with van der Waals surface area (Å²) in [6.45, 7) is 0. The van der Waals surface area contributed by atoms with Crippen LogP contribution in [0.2, 0.25) is 5.02 Å². The maximum Gasteiger partial charge on any atom is 0.205 e. The van der Waals surface area contributed by atoms with Crippen molar-refractivity contribution in [1.29, 1.82) is 0 Å². The molecule has 0 atom stereocenters. The number of aromatic nitrogens is 2. The molecule has 0 amide bonds. The predicted octanol–water partition coefficient (Wildman–Crippen LogP) is 3.98. The lowest BCUT2D eigenvalue weighted by molar-refractivity contribution is 1.10. The van der Waals surface area contributed by atoms with Gasteiger partial charge in [-0.15, -0.1) is 11.8 Å². The van der Waals surface area contributed by atoms with E-state index in [2.05, 4.69) is 23.4 Å². The van der Waals surface area contributed by atoms with Gasteiger partial charge in [0.25, 0.3) is 0 Å². The van der Waals surface area contributed by atoms with Gasteiger partial charge < -0.3 is 5.73 Å². The molecule has 3 nitrogen and oxygen atoms in total. The molecular weight excluding hydrogens is 278 g/mol. The van der Waals surface area contributed by atoms with Crippen LogP contribution in [0.15, 0.2) is 47.4 Å². The van der Waals surface area contributed by atoms with E-state index < -0.39 is 0 Å². The van der Waals surface area contributed by atoms with Gasteiger partial charge in [-0.25, -0.2) is 4.98 Å². The molecule has 0 aliphatic carbocycles. The van der Waals surface area contributed by atoms with E-state index >= 15 is 0 Å². The number of nitrogen functional groups attached to an aromatic ring is 1. The first kappa shape index (κ1) is 12.4. The maximum absolute atomic E-state index is 6.01. The van der Waals surface area contributed by atoms with Crippen molar-refractivity contribution in [2.75, 3.05) is 12.0 Å². The van der Waals surface area contributed by atoms with Crippen LogP contribution in [-0.4, -0.2) is 15.8 Å². The number of nitrogens with two attached hydrogens (primary N) is 1. The zero-order chi connectivity index (χ0) is 13.4. The quantitative estimate of drug-likeness (QED) is 0.726. The number of anilines is 1. The fourth-order valence-corrected chi connectivity index (χ4v) is 2.65. The van der Waals surface area contributed by atoms with Crippen LogP contribution in [0.3, 0.4) is 0 Å². The molecule has 19 heavy (non-hydrogen) atoms. The number of thioether (sulfide) groups is 1. The van der Waals surface area contributed by atoms with Crippen LogP contribution in [-0.2, 0) is 0 Å². The molecule has 96 valence electrons. The summed E-state index contributed by atoms with van der Waals surface area (Å²) in [5.41, 5.74) is 8.77. The summed E-state index contributed by atoms with van der Waals surface area (Å²) in [7, 11) is 0. The van der Waals surface area contributed by atoms with Crippen LogP contribution in [0.5, 0.6) is 0 Å². The summed E-state index contributed by atoms with van der Waals surface area (Å²) in [6, 6.07) is 13.8. The molecule has 0 spiro atoms. The highest BCUT2D eigenvalue weighted by atomic mass is 35.5. The first-order chi connectivity index (χ1) is 9.19. The summed E-state index contributed by atoms with van der Waals surface area (Å²) < 4.78 is 1.93. The van der Waals surface area contributed by atoms with Crippen molar-refractivity contribution in [2.45, 2.75) is 4.90 Å². The van der Waals surface area contributed by atoms with E-state index in [9.17, 15) is 0 Å². The van der Waals surface area contributed by atoms with Crippen molar-refractivity contribution in [3.63, 3.8) is 0 Å². The highest BCUT2D eigenvalue weighted by molar-refractivity contribution is 7.98. The topological polar surface area (TPSA) is 43.8 Å². The second-order valence-corrected chi connectivity index (χ2v) is 5.45. The standard InChI is InChI=1S/C14H12ClN3S/c1-19-11-5-3-10(4-6-11)18-13-7-2-9(15)8-12(13)17-14(18)16/h2-8H,1H3,(H2,16,17). The molecule has 0 fully saturated rings. The van der Waals surface area contributed by atoms with Crippen LogP contribution < -0.4 is 5.73 Å². The molecule has 1 heterocycles. The second kappa shape index (κ2) is 4.79. The zero-order valence-electron chi connectivity index (χ0n) is 10.3. The fraction of sp³-hybridized carbons (Fsp3) is 0.0714. The van der Waals surface area contributed by atoms with Crippen molar-refractivity contribution in [3.8, 4) is 5.69 Å². The Morgan fingerprint density at radius 1 is 1.16 bits per heavy atom. The number of hydrogen-bond donors (Lipinski definition) is 1. The van der Waals surface area contributed by atoms with E-state index in [4.69, 9.17) is 17.3 Å². The van der Waals surface area contributed by atoms with Gasteiger partial charge in [-0.2, -0.15) is 0 Å². The van der Waals surface area contributed by atoms with Gasteiger partial charge >= 0.3 is 0 Å². The van der Waals surface area contributed by atoms with Gasteiger partial charge in [0.2, 0.25) is 5.95 Å².